The molecule has 2 fully saturated rings. The van der Waals surface area contributed by atoms with Crippen molar-refractivity contribution in [2.75, 3.05) is 31.6 Å². The summed E-state index contributed by atoms with van der Waals surface area (Å²) in [5.74, 6) is -0.516. The summed E-state index contributed by atoms with van der Waals surface area (Å²) in [7, 11) is 0. The first-order valence-corrected chi connectivity index (χ1v) is 16.4. The number of rotatable bonds is 6. The van der Waals surface area contributed by atoms with E-state index in [9.17, 15) is 23.9 Å². The second kappa shape index (κ2) is 11.6. The number of carbonyl (C=O) groups excluding carboxylic acids is 2. The van der Waals surface area contributed by atoms with Crippen molar-refractivity contribution in [1.82, 2.24) is 34.0 Å². The number of nitrogens with zero attached hydrogens (tertiary/aromatic N) is 7. The maximum Gasteiger partial charge on any atom is 0.279 e. The number of nitrogens with one attached hydrogen (secondary N) is 1. The molecule has 48 heavy (non-hydrogen) atoms. The third-order valence-corrected chi connectivity index (χ3v) is 10.3. The minimum absolute atomic E-state index is 0.0449. The third kappa shape index (κ3) is 5.14. The summed E-state index contributed by atoms with van der Waals surface area (Å²) < 4.78 is 23.5. The second-order valence-corrected chi connectivity index (χ2v) is 13.2. The van der Waals surface area contributed by atoms with Crippen LogP contribution in [0, 0.1) is 12.7 Å². The van der Waals surface area contributed by atoms with Crippen molar-refractivity contribution in [1.29, 1.82) is 0 Å². The Bertz CT molecular complexity index is 2080. The molecular formula is C34H35FN8O5. The molecule has 1 saturated heterocycles. The highest BCUT2D eigenvalue weighted by molar-refractivity contribution is 5.95. The van der Waals surface area contributed by atoms with Crippen LogP contribution in [0.25, 0.3) is 11.4 Å². The molecule has 5 heterocycles. The molecule has 2 amide bonds. The van der Waals surface area contributed by atoms with Crippen LogP contribution < -0.4 is 10.9 Å². The summed E-state index contributed by atoms with van der Waals surface area (Å²) in [5.41, 5.74) is 2.63. The largest absolute Gasteiger partial charge is 0.504 e. The molecule has 14 heteroatoms. The molecule has 0 bridgehead atoms. The van der Waals surface area contributed by atoms with Crippen molar-refractivity contribution in [3.63, 3.8) is 0 Å². The van der Waals surface area contributed by atoms with Gasteiger partial charge >= 0.3 is 0 Å². The predicted octanol–water partition coefficient (Wildman–Crippen LogP) is 3.27. The number of ether oxygens (including phenoxy) is 1. The lowest BCUT2D eigenvalue weighted by Crippen LogP contribution is -2.46. The number of hydrogen-bond acceptors (Lipinski definition) is 9. The van der Waals surface area contributed by atoms with Crippen LogP contribution in [0.1, 0.15) is 83.3 Å². The minimum Gasteiger partial charge on any atom is -0.504 e. The quantitative estimate of drug-likeness (QED) is 0.319. The normalized spacial score (nSPS) is 18.6. The molecule has 0 unspecified atom stereocenters. The molecule has 13 nitrogen and oxygen atoms in total. The zero-order valence-electron chi connectivity index (χ0n) is 26.5. The molecule has 0 atom stereocenters. The Balaban J connectivity index is 1.13. The number of aromatic hydroxyl groups is 1. The van der Waals surface area contributed by atoms with E-state index in [1.165, 1.54) is 16.9 Å². The molecule has 4 aromatic rings. The van der Waals surface area contributed by atoms with Crippen molar-refractivity contribution in [2.24, 2.45) is 0 Å². The van der Waals surface area contributed by atoms with Crippen molar-refractivity contribution in [3.8, 4) is 5.75 Å². The van der Waals surface area contributed by atoms with Gasteiger partial charge in [-0.05, 0) is 81.1 Å². The van der Waals surface area contributed by atoms with Crippen LogP contribution in [0.5, 0.6) is 5.75 Å². The fourth-order valence-corrected chi connectivity index (χ4v) is 7.46. The topological polar surface area (TPSA) is 157 Å². The number of hydrogen-bond donors (Lipinski definition) is 2. The lowest BCUT2D eigenvalue weighted by atomic mass is 9.74. The Labute approximate surface area is 274 Å². The molecule has 1 aromatic carbocycles. The maximum absolute atomic E-state index is 15.0. The summed E-state index contributed by atoms with van der Waals surface area (Å²) in [5, 5.41) is 17.8. The van der Waals surface area contributed by atoms with Gasteiger partial charge in [-0.3, -0.25) is 14.4 Å². The number of fused-ring (bicyclic) bond motifs is 3. The Hall–Kier alpha value is -4.98. The Kier molecular flexibility index (Phi) is 7.35. The van der Waals surface area contributed by atoms with Gasteiger partial charge in [0.2, 0.25) is 11.7 Å². The number of benzene rings is 1. The van der Waals surface area contributed by atoms with Gasteiger partial charge in [0, 0.05) is 29.8 Å². The summed E-state index contributed by atoms with van der Waals surface area (Å²) in [6, 6.07) is 4.95. The number of amides is 2. The standard InChI is InChI=1S/C34H35FN8O5/c1-19-29(45)28(37-18-36-19)32(47)41-12-10-34(11-13-41)9-6-25-27(34)31(46)43-33(39-30(40-43)21-7-14-48-15-8-21)42(25)17-26(44)38-24-5-4-22(16-23(24)35)20-2-3-20/h4-5,7,16,18,20,45H,2-3,6,8-15,17H2,1H3,(H,38,44). The van der Waals surface area contributed by atoms with Crippen molar-refractivity contribution >= 4 is 28.9 Å². The zero-order chi connectivity index (χ0) is 33.2. The van der Waals surface area contributed by atoms with Crippen molar-refractivity contribution in [3.05, 3.63) is 80.8 Å². The number of aromatic nitrogens is 6. The van der Waals surface area contributed by atoms with E-state index in [4.69, 9.17) is 9.72 Å². The number of anilines is 1. The first-order chi connectivity index (χ1) is 23.2. The van der Waals surface area contributed by atoms with Gasteiger partial charge in [0.1, 0.15) is 18.7 Å². The first-order valence-electron chi connectivity index (χ1n) is 16.4. The maximum atomic E-state index is 15.0. The zero-order valence-corrected chi connectivity index (χ0v) is 26.5. The highest BCUT2D eigenvalue weighted by atomic mass is 19.1. The molecule has 0 radical (unpaired) electrons. The first kappa shape index (κ1) is 30.4. The molecule has 1 spiro atoms. The van der Waals surface area contributed by atoms with Gasteiger partial charge in [0.25, 0.3) is 11.5 Å². The number of likely N-dealkylation sites (tertiary alicyclic amines) is 1. The summed E-state index contributed by atoms with van der Waals surface area (Å²) in [6.07, 6.45) is 8.02. The average molecular weight is 655 g/mol. The van der Waals surface area contributed by atoms with Gasteiger partial charge in [-0.15, -0.1) is 5.10 Å². The van der Waals surface area contributed by atoms with Crippen LogP contribution in [0.3, 0.4) is 0 Å². The van der Waals surface area contributed by atoms with Gasteiger partial charge in [0.15, 0.2) is 17.3 Å². The molecule has 8 rings (SSSR count). The average Bonchev–Trinajstić information content (AvgIpc) is 3.74. The van der Waals surface area contributed by atoms with Gasteiger partial charge in [-0.2, -0.15) is 9.50 Å². The molecule has 2 aliphatic carbocycles. The molecule has 1 saturated carbocycles. The molecule has 248 valence electrons. The molecule has 2 N–H and O–H groups in total. The van der Waals surface area contributed by atoms with E-state index >= 15 is 0 Å². The van der Waals surface area contributed by atoms with E-state index in [1.54, 1.807) is 22.5 Å². The Morgan fingerprint density at radius 1 is 1.15 bits per heavy atom. The van der Waals surface area contributed by atoms with Crippen LogP contribution >= 0.6 is 0 Å². The van der Waals surface area contributed by atoms with Crippen molar-refractivity contribution in [2.45, 2.75) is 69.7 Å². The van der Waals surface area contributed by atoms with Crippen LogP contribution in [-0.4, -0.2) is 77.3 Å². The predicted molar refractivity (Wildman–Crippen MR) is 171 cm³/mol. The monoisotopic (exact) mass is 654 g/mol. The van der Waals surface area contributed by atoms with Crippen LogP contribution in [0.15, 0.2) is 35.4 Å². The third-order valence-electron chi connectivity index (χ3n) is 10.3. The SMILES string of the molecule is Cc1ncnc(C(=O)N2CCC3(CCc4c3c(=O)n3nc(C5=CCOCC5)nc3n4CC(=O)Nc3ccc(C4CC4)cc3F)CC2)c1O. The van der Waals surface area contributed by atoms with E-state index < -0.39 is 23.0 Å². The van der Waals surface area contributed by atoms with E-state index in [0.29, 0.717) is 87.1 Å². The van der Waals surface area contributed by atoms with Crippen molar-refractivity contribution < 1.29 is 23.8 Å². The number of piperidine rings is 1. The lowest BCUT2D eigenvalue weighted by Gasteiger charge is -2.39. The molecule has 4 aliphatic rings. The summed E-state index contributed by atoms with van der Waals surface area (Å²) >= 11 is 0. The van der Waals surface area contributed by atoms with Gasteiger partial charge in [-0.1, -0.05) is 12.1 Å². The van der Waals surface area contributed by atoms with Crippen LogP contribution in [-0.2, 0) is 27.9 Å². The highest BCUT2D eigenvalue weighted by Gasteiger charge is 2.46. The molecule has 2 aliphatic heterocycles. The fourth-order valence-electron chi connectivity index (χ4n) is 7.46. The number of aryl methyl sites for hydroxylation is 1. The highest BCUT2D eigenvalue weighted by Crippen LogP contribution is 2.45. The Morgan fingerprint density at radius 2 is 1.96 bits per heavy atom. The molecule has 3 aromatic heterocycles. The van der Waals surface area contributed by atoms with E-state index in [1.807, 2.05) is 12.1 Å². The van der Waals surface area contributed by atoms with E-state index in [2.05, 4.69) is 20.4 Å². The number of carbonyl (C=O) groups is 2. The minimum atomic E-state index is -0.548. The van der Waals surface area contributed by atoms with Crippen LogP contribution in [0.4, 0.5) is 10.1 Å². The van der Waals surface area contributed by atoms with Gasteiger partial charge < -0.3 is 24.6 Å². The van der Waals surface area contributed by atoms with Gasteiger partial charge in [0.05, 0.1) is 24.6 Å². The Morgan fingerprint density at radius 3 is 2.69 bits per heavy atom. The van der Waals surface area contributed by atoms with Gasteiger partial charge in [-0.25, -0.2) is 14.4 Å². The second-order valence-electron chi connectivity index (χ2n) is 13.2. The van der Waals surface area contributed by atoms with Crippen LogP contribution in [0.2, 0.25) is 0 Å². The summed E-state index contributed by atoms with van der Waals surface area (Å²) in [4.78, 5) is 55.5. The fraction of sp³-hybridized carbons (Fsp3) is 0.441. The lowest BCUT2D eigenvalue weighted by molar-refractivity contribution is -0.116. The van der Waals surface area contributed by atoms with E-state index in [-0.39, 0.29) is 35.0 Å². The molecular weight excluding hydrogens is 619 g/mol. The summed E-state index contributed by atoms with van der Waals surface area (Å²) in [6.45, 7) is 3.05. The number of halogens is 1. The smallest absolute Gasteiger partial charge is 0.279 e. The van der Waals surface area contributed by atoms with E-state index in [0.717, 1.165) is 24.0 Å².